The fraction of sp³-hybridized carbons (Fsp3) is 0.400. The van der Waals surface area contributed by atoms with Crippen molar-refractivity contribution in [2.45, 2.75) is 32.7 Å². The Kier molecular flexibility index (Phi) is 6.18. The maximum atomic E-state index is 13.4. The van der Waals surface area contributed by atoms with Crippen molar-refractivity contribution in [2.24, 2.45) is 5.41 Å². The van der Waals surface area contributed by atoms with Crippen molar-refractivity contribution in [3.63, 3.8) is 0 Å². The van der Waals surface area contributed by atoms with Crippen LogP contribution in [0.5, 0.6) is 0 Å². The molecule has 162 valence electrons. The van der Waals surface area contributed by atoms with Gasteiger partial charge in [0, 0.05) is 57.6 Å². The molecule has 1 fully saturated rings. The van der Waals surface area contributed by atoms with Gasteiger partial charge < -0.3 is 9.42 Å². The maximum Gasteiger partial charge on any atom is 0.230 e. The zero-order chi connectivity index (χ0) is 21.8. The van der Waals surface area contributed by atoms with Crippen LogP contribution in [-0.4, -0.2) is 53.0 Å². The number of pyridine rings is 1. The molecule has 1 aliphatic heterocycles. The van der Waals surface area contributed by atoms with Gasteiger partial charge in [-0.3, -0.25) is 14.7 Å². The quantitative estimate of drug-likeness (QED) is 0.606. The molecule has 0 spiro atoms. The Morgan fingerprint density at radius 1 is 1.23 bits per heavy atom. The van der Waals surface area contributed by atoms with Crippen LogP contribution in [0.3, 0.4) is 0 Å². The first-order chi connectivity index (χ1) is 14.9. The lowest BCUT2D eigenvalue weighted by atomic mass is 9.75. The molecule has 3 aromatic rings. The van der Waals surface area contributed by atoms with Gasteiger partial charge >= 0.3 is 0 Å². The molecule has 1 saturated heterocycles. The molecular formula is C25H30N4O2. The lowest BCUT2D eigenvalue weighted by Gasteiger charge is -2.42. The van der Waals surface area contributed by atoms with Crippen LogP contribution in [0.4, 0.5) is 0 Å². The molecule has 0 bridgehead atoms. The SMILES string of the molecule is Cc1ccc(-c2cc(C[C@@]3(C(=O)N(C)C)CCCN(Cc4cccnc4)C3)on2)cc1. The van der Waals surface area contributed by atoms with E-state index in [0.29, 0.717) is 13.0 Å². The van der Waals surface area contributed by atoms with Gasteiger partial charge in [0.05, 0.1) is 5.41 Å². The molecule has 1 aliphatic rings. The average Bonchev–Trinajstić information content (AvgIpc) is 3.22. The molecule has 2 aromatic heterocycles. The largest absolute Gasteiger partial charge is 0.361 e. The van der Waals surface area contributed by atoms with Gasteiger partial charge in [0.25, 0.3) is 0 Å². The topological polar surface area (TPSA) is 62.5 Å². The van der Waals surface area contributed by atoms with Crippen molar-refractivity contribution >= 4 is 5.91 Å². The number of carbonyl (C=O) groups excluding carboxylic acids is 1. The van der Waals surface area contributed by atoms with Crippen LogP contribution >= 0.6 is 0 Å². The minimum absolute atomic E-state index is 0.150. The van der Waals surface area contributed by atoms with E-state index in [1.165, 1.54) is 5.56 Å². The standard InChI is InChI=1S/C25H30N4O2/c1-19-7-9-21(10-8-19)23-14-22(31-27-23)15-25(24(30)28(2)3)11-5-13-29(18-25)17-20-6-4-12-26-16-20/h4,6-10,12,14,16H,5,11,13,15,17-18H2,1-3H3/t25-/m0/s1. The average molecular weight is 419 g/mol. The molecule has 1 aromatic carbocycles. The van der Waals surface area contributed by atoms with Gasteiger partial charge in [-0.25, -0.2) is 0 Å². The highest BCUT2D eigenvalue weighted by Crippen LogP contribution is 2.37. The van der Waals surface area contributed by atoms with Gasteiger partial charge in [-0.2, -0.15) is 0 Å². The fourth-order valence-electron chi connectivity index (χ4n) is 4.57. The molecule has 0 radical (unpaired) electrons. The number of amides is 1. The van der Waals surface area contributed by atoms with E-state index in [4.69, 9.17) is 4.52 Å². The third-order valence-electron chi connectivity index (χ3n) is 6.06. The maximum absolute atomic E-state index is 13.4. The number of likely N-dealkylation sites (tertiary alicyclic amines) is 1. The van der Waals surface area contributed by atoms with Crippen molar-refractivity contribution in [1.82, 2.24) is 19.9 Å². The third-order valence-corrected chi connectivity index (χ3v) is 6.06. The Balaban J connectivity index is 1.56. The predicted molar refractivity (Wildman–Crippen MR) is 120 cm³/mol. The molecule has 6 nitrogen and oxygen atoms in total. The van der Waals surface area contributed by atoms with Gasteiger partial charge in [-0.15, -0.1) is 0 Å². The molecule has 0 saturated carbocycles. The summed E-state index contributed by atoms with van der Waals surface area (Å²) in [6.45, 7) is 4.53. The van der Waals surface area contributed by atoms with E-state index in [9.17, 15) is 4.79 Å². The molecule has 31 heavy (non-hydrogen) atoms. The van der Waals surface area contributed by atoms with Crippen LogP contribution in [0.1, 0.15) is 29.7 Å². The Labute approximate surface area is 183 Å². The second kappa shape index (κ2) is 9.02. The van der Waals surface area contributed by atoms with Crippen LogP contribution in [-0.2, 0) is 17.8 Å². The first kappa shape index (κ1) is 21.2. The number of carbonyl (C=O) groups is 1. The van der Waals surface area contributed by atoms with Gasteiger partial charge in [0.15, 0.2) is 0 Å². The lowest BCUT2D eigenvalue weighted by molar-refractivity contribution is -0.143. The predicted octanol–water partition coefficient (Wildman–Crippen LogP) is 3.96. The van der Waals surface area contributed by atoms with Gasteiger partial charge in [0.1, 0.15) is 11.5 Å². The first-order valence-electron chi connectivity index (χ1n) is 10.8. The Morgan fingerprint density at radius 3 is 2.74 bits per heavy atom. The van der Waals surface area contributed by atoms with Gasteiger partial charge in [-0.1, -0.05) is 41.1 Å². The normalized spacial score (nSPS) is 19.3. The number of benzene rings is 1. The van der Waals surface area contributed by atoms with E-state index in [0.717, 1.165) is 48.5 Å². The Morgan fingerprint density at radius 2 is 2.03 bits per heavy atom. The van der Waals surface area contributed by atoms with Gasteiger partial charge in [-0.05, 0) is 37.9 Å². The smallest absolute Gasteiger partial charge is 0.230 e. The summed E-state index contributed by atoms with van der Waals surface area (Å²) in [6.07, 6.45) is 6.04. The number of hydrogen-bond acceptors (Lipinski definition) is 5. The zero-order valence-electron chi connectivity index (χ0n) is 18.5. The summed E-state index contributed by atoms with van der Waals surface area (Å²) in [5.41, 5.74) is 3.69. The third kappa shape index (κ3) is 4.85. The van der Waals surface area contributed by atoms with Crippen LogP contribution in [0.15, 0.2) is 59.4 Å². The fourth-order valence-corrected chi connectivity index (χ4v) is 4.57. The molecule has 0 N–H and O–H groups in total. The molecule has 1 amide bonds. The highest BCUT2D eigenvalue weighted by Gasteiger charge is 2.44. The molecule has 3 heterocycles. The summed E-state index contributed by atoms with van der Waals surface area (Å²) >= 11 is 0. The molecule has 4 rings (SSSR count). The van der Waals surface area contributed by atoms with E-state index in [-0.39, 0.29) is 5.91 Å². The highest BCUT2D eigenvalue weighted by molar-refractivity contribution is 5.83. The number of hydrogen-bond donors (Lipinski definition) is 0. The van der Waals surface area contributed by atoms with E-state index >= 15 is 0 Å². The number of aromatic nitrogens is 2. The molecular weight excluding hydrogens is 388 g/mol. The van der Waals surface area contributed by atoms with E-state index in [1.807, 2.05) is 44.6 Å². The summed E-state index contributed by atoms with van der Waals surface area (Å²) in [6, 6.07) is 14.3. The van der Waals surface area contributed by atoms with E-state index < -0.39 is 5.41 Å². The molecule has 1 atom stereocenters. The number of nitrogens with zero attached hydrogens (tertiary/aromatic N) is 4. The summed E-state index contributed by atoms with van der Waals surface area (Å²) in [7, 11) is 3.67. The highest BCUT2D eigenvalue weighted by atomic mass is 16.5. The minimum Gasteiger partial charge on any atom is -0.361 e. The van der Waals surface area contributed by atoms with E-state index in [2.05, 4.69) is 40.2 Å². The van der Waals surface area contributed by atoms with Crippen LogP contribution in [0.25, 0.3) is 11.3 Å². The zero-order valence-corrected chi connectivity index (χ0v) is 18.5. The van der Waals surface area contributed by atoms with E-state index in [1.54, 1.807) is 11.1 Å². The van der Waals surface area contributed by atoms with Crippen molar-refractivity contribution in [3.05, 3.63) is 71.7 Å². The number of piperidine rings is 1. The van der Waals surface area contributed by atoms with Crippen molar-refractivity contribution in [2.75, 3.05) is 27.2 Å². The van der Waals surface area contributed by atoms with Crippen molar-refractivity contribution in [3.8, 4) is 11.3 Å². The number of rotatable bonds is 6. The summed E-state index contributed by atoms with van der Waals surface area (Å²) in [4.78, 5) is 21.7. The second-order valence-corrected chi connectivity index (χ2v) is 8.88. The van der Waals surface area contributed by atoms with Crippen LogP contribution in [0.2, 0.25) is 0 Å². The van der Waals surface area contributed by atoms with Crippen LogP contribution in [0, 0.1) is 12.3 Å². The lowest BCUT2D eigenvalue weighted by Crippen LogP contribution is -2.52. The Hall–Kier alpha value is -2.99. The second-order valence-electron chi connectivity index (χ2n) is 8.88. The van der Waals surface area contributed by atoms with Crippen LogP contribution < -0.4 is 0 Å². The summed E-state index contributed by atoms with van der Waals surface area (Å²) in [5.74, 6) is 0.908. The number of aryl methyl sites for hydroxylation is 1. The van der Waals surface area contributed by atoms with Gasteiger partial charge in [0.2, 0.25) is 5.91 Å². The monoisotopic (exact) mass is 418 g/mol. The summed E-state index contributed by atoms with van der Waals surface area (Å²) < 4.78 is 5.71. The van der Waals surface area contributed by atoms with Crippen molar-refractivity contribution < 1.29 is 9.32 Å². The first-order valence-corrected chi connectivity index (χ1v) is 10.8. The van der Waals surface area contributed by atoms with Crippen molar-refractivity contribution in [1.29, 1.82) is 0 Å². The Bertz CT molecular complexity index is 1010. The summed E-state index contributed by atoms with van der Waals surface area (Å²) in [5, 5.41) is 4.28. The molecule has 0 aliphatic carbocycles. The minimum atomic E-state index is -0.520. The molecule has 0 unspecified atom stereocenters. The molecule has 6 heteroatoms.